The molecular weight excluding hydrogens is 439 g/mol. The number of hydrogen-bond donors (Lipinski definition) is 2. The maximum atomic E-state index is 15.5. The summed E-state index contributed by atoms with van der Waals surface area (Å²) in [6.07, 6.45) is -0.128. The van der Waals surface area contributed by atoms with E-state index in [-0.39, 0.29) is 37.1 Å². The second kappa shape index (κ2) is 9.52. The molecule has 2 aromatic rings. The van der Waals surface area contributed by atoms with Crippen molar-refractivity contribution in [1.29, 1.82) is 0 Å². The highest BCUT2D eigenvalue weighted by molar-refractivity contribution is 6.06. The molecule has 34 heavy (non-hydrogen) atoms. The fourth-order valence-corrected chi connectivity index (χ4v) is 4.42. The minimum Gasteiger partial charge on any atom is -0.381 e. The third-order valence-corrected chi connectivity index (χ3v) is 6.24. The second-order valence-corrected chi connectivity index (χ2v) is 8.39. The number of carbonyl (C=O) groups excluding carboxylic acids is 3. The molecule has 5 rings (SSSR count). The van der Waals surface area contributed by atoms with E-state index in [0.717, 1.165) is 4.90 Å². The summed E-state index contributed by atoms with van der Waals surface area (Å²) in [7, 11) is 0. The average Bonchev–Trinajstić information content (AvgIpc) is 3.24. The van der Waals surface area contributed by atoms with E-state index in [1.54, 1.807) is 35.2 Å². The summed E-state index contributed by atoms with van der Waals surface area (Å²) in [4.78, 5) is 39.8. The molecule has 2 N–H and O–H groups in total. The van der Waals surface area contributed by atoms with Crippen LogP contribution in [0.1, 0.15) is 44.0 Å². The van der Waals surface area contributed by atoms with Crippen molar-refractivity contribution in [3.8, 4) is 0 Å². The van der Waals surface area contributed by atoms with Crippen LogP contribution in [0.3, 0.4) is 0 Å². The van der Waals surface area contributed by atoms with Crippen molar-refractivity contribution >= 4 is 23.4 Å². The number of anilines is 1. The number of fused-ring (bicyclic) bond motifs is 1. The maximum Gasteiger partial charge on any atom is 0.255 e. The van der Waals surface area contributed by atoms with Crippen molar-refractivity contribution < 1.29 is 27.6 Å². The van der Waals surface area contributed by atoms with Gasteiger partial charge < -0.3 is 15.0 Å². The Morgan fingerprint density at radius 1 is 1.15 bits per heavy atom. The number of morpholine rings is 1. The summed E-state index contributed by atoms with van der Waals surface area (Å²) in [5.74, 6) is -2.43. The lowest BCUT2D eigenvalue weighted by atomic mass is 10.0. The van der Waals surface area contributed by atoms with Gasteiger partial charge in [0.05, 0.1) is 14.6 Å². The fourth-order valence-electron chi connectivity index (χ4n) is 4.42. The number of benzene rings is 2. The van der Waals surface area contributed by atoms with Crippen LogP contribution in [-0.2, 0) is 33.9 Å². The molecule has 0 radical (unpaired) electrons. The minimum absolute atomic E-state index is 0.00937. The van der Waals surface area contributed by atoms with Gasteiger partial charge in [-0.15, -0.1) is 0 Å². The topological polar surface area (TPSA) is 91.0 Å². The lowest BCUT2D eigenvalue weighted by molar-refractivity contribution is -0.136. The predicted molar refractivity (Wildman–Crippen MR) is 122 cm³/mol. The monoisotopic (exact) mass is 469 g/mol. The molecule has 2 saturated heterocycles. The number of rotatable bonds is 6. The van der Waals surface area contributed by atoms with Gasteiger partial charge in [-0.2, -0.15) is 0 Å². The molecular formula is C25H27FN4O4. The summed E-state index contributed by atoms with van der Waals surface area (Å²) < 4.78 is 46.5. The zero-order chi connectivity index (χ0) is 26.4. The van der Waals surface area contributed by atoms with E-state index in [2.05, 4.69) is 10.6 Å². The van der Waals surface area contributed by atoms with Crippen molar-refractivity contribution in [2.75, 3.05) is 31.6 Å². The quantitative estimate of drug-likeness (QED) is 0.630. The van der Waals surface area contributed by atoms with Crippen LogP contribution in [0.15, 0.2) is 36.4 Å². The molecule has 3 heterocycles. The van der Waals surface area contributed by atoms with E-state index in [4.69, 9.17) is 8.85 Å². The molecule has 0 saturated carbocycles. The molecule has 0 aliphatic carbocycles. The number of nitrogens with zero attached hydrogens (tertiary/aromatic N) is 2. The highest BCUT2D eigenvalue weighted by Gasteiger charge is 2.39. The summed E-state index contributed by atoms with van der Waals surface area (Å²) in [6.45, 7) is -0.494. The molecule has 3 aliphatic heterocycles. The molecule has 0 spiro atoms. The Labute approximate surface area is 201 Å². The van der Waals surface area contributed by atoms with E-state index < -0.39 is 36.1 Å². The van der Waals surface area contributed by atoms with Gasteiger partial charge in [0.15, 0.2) is 0 Å². The number of amides is 3. The van der Waals surface area contributed by atoms with E-state index in [9.17, 15) is 14.4 Å². The summed E-state index contributed by atoms with van der Waals surface area (Å²) in [6, 6.07) is 7.73. The first kappa shape index (κ1) is 19.1. The molecule has 0 aromatic heterocycles. The Morgan fingerprint density at radius 3 is 2.71 bits per heavy atom. The first-order chi connectivity index (χ1) is 17.6. The number of carbonyl (C=O) groups is 3. The van der Waals surface area contributed by atoms with Crippen molar-refractivity contribution in [2.45, 2.75) is 38.4 Å². The van der Waals surface area contributed by atoms with Crippen molar-refractivity contribution in [3.63, 3.8) is 0 Å². The van der Waals surface area contributed by atoms with Crippen LogP contribution in [0.5, 0.6) is 0 Å². The van der Waals surface area contributed by atoms with Gasteiger partial charge in [0.25, 0.3) is 5.91 Å². The average molecular weight is 470 g/mol. The van der Waals surface area contributed by atoms with Crippen LogP contribution >= 0.6 is 0 Å². The number of ether oxygens (including phenoxy) is 1. The normalized spacial score (nSPS) is 24.8. The zero-order valence-electron chi connectivity index (χ0n) is 21.5. The van der Waals surface area contributed by atoms with Gasteiger partial charge in [0, 0.05) is 69.8 Å². The Bertz CT molecular complexity index is 1270. The summed E-state index contributed by atoms with van der Waals surface area (Å²) in [5, 5.41) is 5.29. The highest BCUT2D eigenvalue weighted by Crippen LogP contribution is 2.32. The maximum absolute atomic E-state index is 15.5. The van der Waals surface area contributed by atoms with Crippen LogP contribution in [0.4, 0.5) is 10.1 Å². The van der Waals surface area contributed by atoms with Gasteiger partial charge in [0.2, 0.25) is 11.8 Å². The van der Waals surface area contributed by atoms with E-state index in [0.29, 0.717) is 43.1 Å². The molecule has 1 atom stereocenters. The molecule has 9 heteroatoms. The van der Waals surface area contributed by atoms with Gasteiger partial charge in [-0.3, -0.25) is 24.6 Å². The first-order valence-corrected chi connectivity index (χ1v) is 11.3. The summed E-state index contributed by atoms with van der Waals surface area (Å²) in [5.41, 5.74) is 1.66. The number of nitrogens with one attached hydrogen (secondary N) is 2. The van der Waals surface area contributed by atoms with Gasteiger partial charge in [-0.05, 0) is 18.6 Å². The predicted octanol–water partition coefficient (Wildman–Crippen LogP) is 2.03. The molecule has 178 valence electrons. The lowest BCUT2D eigenvalue weighted by Crippen LogP contribution is -2.52. The van der Waals surface area contributed by atoms with Crippen LogP contribution in [-0.4, -0.2) is 59.8 Å². The number of halogens is 1. The number of hydrogen-bond acceptors (Lipinski definition) is 6. The van der Waals surface area contributed by atoms with Crippen molar-refractivity contribution in [3.05, 3.63) is 64.5 Å². The van der Waals surface area contributed by atoms with Gasteiger partial charge in [-0.1, -0.05) is 24.3 Å². The van der Waals surface area contributed by atoms with Gasteiger partial charge in [0.1, 0.15) is 11.8 Å². The van der Waals surface area contributed by atoms with E-state index in [1.165, 1.54) is 6.07 Å². The minimum atomic E-state index is -2.00. The van der Waals surface area contributed by atoms with E-state index >= 15 is 4.39 Å². The Kier molecular flexibility index (Phi) is 5.33. The zero-order valence-corrected chi connectivity index (χ0v) is 18.5. The number of imide groups is 1. The highest BCUT2D eigenvalue weighted by atomic mass is 19.1. The Morgan fingerprint density at radius 2 is 1.91 bits per heavy atom. The van der Waals surface area contributed by atoms with Crippen molar-refractivity contribution in [1.82, 2.24) is 15.1 Å². The van der Waals surface area contributed by atoms with Crippen molar-refractivity contribution in [2.24, 2.45) is 0 Å². The van der Waals surface area contributed by atoms with Gasteiger partial charge >= 0.3 is 0 Å². The standard InChI is InChI=1S/C25H27FN4O4/c26-23-16(3-1-4-17(23)14-29-9-11-34-12-10-29)13-27-20-6-2-5-18-19(20)15-30(25(18)33)21-7-8-22(31)28-24(21)32/h1-6,21,27H,7-15H2,(H,28,31,32)/i14D2,21D. The molecule has 2 fully saturated rings. The van der Waals surface area contributed by atoms with E-state index in [1.807, 2.05) is 0 Å². The summed E-state index contributed by atoms with van der Waals surface area (Å²) >= 11 is 0. The molecule has 1 unspecified atom stereocenters. The Balaban J connectivity index is 1.36. The van der Waals surface area contributed by atoms with Crippen LogP contribution in [0.25, 0.3) is 0 Å². The van der Waals surface area contributed by atoms with Gasteiger partial charge in [-0.25, -0.2) is 4.39 Å². The molecule has 3 amide bonds. The third kappa shape index (κ3) is 4.41. The smallest absolute Gasteiger partial charge is 0.255 e. The SMILES string of the molecule is [2H]C1(N2Cc3c(NCc4cccc(C([2H])([2H])N5CCOCC5)c4F)cccc3C2=O)CCC(=O)NC1=O. The number of piperidine rings is 1. The molecule has 2 aromatic carbocycles. The first-order valence-electron chi connectivity index (χ1n) is 12.8. The molecule has 3 aliphatic rings. The second-order valence-electron chi connectivity index (χ2n) is 8.39. The lowest BCUT2D eigenvalue weighted by Gasteiger charge is -2.29. The van der Waals surface area contributed by atoms with Crippen LogP contribution < -0.4 is 10.6 Å². The molecule has 8 nitrogen and oxygen atoms in total. The van der Waals surface area contributed by atoms with Crippen LogP contribution in [0.2, 0.25) is 0 Å². The third-order valence-electron chi connectivity index (χ3n) is 6.24. The Hall–Kier alpha value is -3.30. The fraction of sp³-hybridized carbons (Fsp3) is 0.400. The van der Waals surface area contributed by atoms with Crippen LogP contribution in [0, 0.1) is 5.82 Å². The molecule has 0 bridgehead atoms. The largest absolute Gasteiger partial charge is 0.381 e.